The molecule has 0 spiro atoms. The maximum Gasteiger partial charge on any atom is 0.316 e. The predicted molar refractivity (Wildman–Crippen MR) is 176 cm³/mol. The van der Waals surface area contributed by atoms with Crippen molar-refractivity contribution in [2.45, 2.75) is 61.7 Å². The Hall–Kier alpha value is -5.79. The summed E-state index contributed by atoms with van der Waals surface area (Å²) in [5.41, 5.74) is 20.8. The molecule has 2 heterocycles. The second-order valence-electron chi connectivity index (χ2n) is 11.1. The molecule has 0 radical (unpaired) electrons. The largest absolute Gasteiger partial charge is 0.394 e. The third-order valence-electron chi connectivity index (χ3n) is 7.29. The van der Waals surface area contributed by atoms with E-state index in [4.69, 9.17) is 22.9 Å². The maximum absolute atomic E-state index is 13.7. The smallest absolute Gasteiger partial charge is 0.316 e. The Morgan fingerprint density at radius 2 is 1.63 bits per heavy atom. The highest BCUT2D eigenvalue weighted by molar-refractivity contribution is 6.02. The molecule has 25 nitrogen and oxygen atoms in total. The third kappa shape index (κ3) is 13.6. The fourth-order valence-corrected chi connectivity index (χ4v) is 4.67. The molecule has 20 N–H and O–H groups in total. The minimum Gasteiger partial charge on any atom is -0.394 e. The van der Waals surface area contributed by atoms with Gasteiger partial charge in [0, 0.05) is 38.2 Å². The molecule has 2 aliphatic rings. The molecule has 1 fully saturated rings. The molecule has 25 heteroatoms. The molecule has 1 saturated heterocycles. The Bertz CT molecular complexity index is 1400. The van der Waals surface area contributed by atoms with Gasteiger partial charge in [-0.3, -0.25) is 33.8 Å². The number of aliphatic imine (C=N–C) groups is 2. The Morgan fingerprint density at radius 1 is 0.980 bits per heavy atom. The number of carbonyl (C=O) groups is 7. The Balaban J connectivity index is 2.53. The van der Waals surface area contributed by atoms with E-state index in [0.29, 0.717) is 12.6 Å². The number of nitrogens with zero attached hydrogens (tertiary/aromatic N) is 2. The molecule has 8 amide bonds. The monoisotopic (exact) mass is 727 g/mol. The second kappa shape index (κ2) is 20.0. The molecule has 284 valence electrons. The first-order valence-corrected chi connectivity index (χ1v) is 15.4. The summed E-state index contributed by atoms with van der Waals surface area (Å²) in [5, 5.41) is 51.0. The van der Waals surface area contributed by atoms with E-state index in [-0.39, 0.29) is 31.3 Å². The molecule has 0 aromatic rings. The molecule has 2 rings (SSSR count). The van der Waals surface area contributed by atoms with Gasteiger partial charge in [-0.2, -0.15) is 0 Å². The third-order valence-corrected chi connectivity index (χ3v) is 7.29. The Morgan fingerprint density at radius 3 is 2.22 bits per heavy atom. The summed E-state index contributed by atoms with van der Waals surface area (Å²) < 4.78 is 0. The van der Waals surface area contributed by atoms with Gasteiger partial charge in [0.15, 0.2) is 18.1 Å². The van der Waals surface area contributed by atoms with Gasteiger partial charge < -0.3 is 86.1 Å². The average molecular weight is 728 g/mol. The number of aliphatic hydroxyl groups excluding tert-OH is 3. The van der Waals surface area contributed by atoms with Crippen molar-refractivity contribution in [1.82, 2.24) is 47.9 Å². The number of nitrogens with two attached hydrogens (primary N) is 4. The van der Waals surface area contributed by atoms with Crippen molar-refractivity contribution in [3.63, 3.8) is 0 Å². The fourth-order valence-electron chi connectivity index (χ4n) is 4.67. The lowest BCUT2D eigenvalue weighted by Gasteiger charge is -2.33. The van der Waals surface area contributed by atoms with Crippen LogP contribution in [0.2, 0.25) is 0 Å². The van der Waals surface area contributed by atoms with E-state index in [1.807, 2.05) is 5.32 Å². The molecule has 0 aliphatic carbocycles. The Kier molecular flexibility index (Phi) is 16.2. The van der Waals surface area contributed by atoms with Crippen LogP contribution >= 0.6 is 0 Å². The van der Waals surface area contributed by atoms with Gasteiger partial charge in [0.2, 0.25) is 29.5 Å². The fraction of sp³-hybridized carbons (Fsp3) is 0.577. The number of nitrogens with one attached hydrogen (secondary N) is 9. The zero-order chi connectivity index (χ0) is 38.2. The lowest BCUT2D eigenvalue weighted by Crippen LogP contribution is -2.64. The molecule has 2 aliphatic heterocycles. The van der Waals surface area contributed by atoms with Crippen LogP contribution in [0.15, 0.2) is 21.9 Å². The minimum atomic E-state index is -1.79. The lowest BCUT2D eigenvalue weighted by atomic mass is 10.0. The van der Waals surface area contributed by atoms with Crippen molar-refractivity contribution < 1.29 is 48.9 Å². The average Bonchev–Trinajstić information content (AvgIpc) is 3.06. The van der Waals surface area contributed by atoms with E-state index in [1.165, 1.54) is 0 Å². The van der Waals surface area contributed by atoms with E-state index < -0.39 is 109 Å². The van der Waals surface area contributed by atoms with E-state index >= 15 is 0 Å². The van der Waals surface area contributed by atoms with Crippen LogP contribution in [-0.4, -0.2) is 145 Å². The van der Waals surface area contributed by atoms with E-state index in [0.717, 1.165) is 0 Å². The van der Waals surface area contributed by atoms with Gasteiger partial charge >= 0.3 is 6.03 Å². The maximum atomic E-state index is 13.7. The van der Waals surface area contributed by atoms with Crippen molar-refractivity contribution >= 4 is 53.4 Å². The summed E-state index contributed by atoms with van der Waals surface area (Å²) in [6.45, 7) is -2.55. The highest BCUT2D eigenvalue weighted by atomic mass is 16.3. The number of rotatable bonds is 11. The summed E-state index contributed by atoms with van der Waals surface area (Å²) in [7, 11) is 1.57. The number of hydrogen-bond acceptors (Lipinski definition) is 15. The molecule has 0 aromatic carbocycles. The van der Waals surface area contributed by atoms with Crippen LogP contribution < -0.4 is 70.8 Å². The molecular weight excluding hydrogens is 682 g/mol. The molecule has 0 bridgehead atoms. The molecule has 51 heavy (non-hydrogen) atoms. The summed E-state index contributed by atoms with van der Waals surface area (Å²) in [6.07, 6.45) is -0.933. The second-order valence-corrected chi connectivity index (χ2v) is 11.1. The van der Waals surface area contributed by atoms with Gasteiger partial charge in [0.05, 0.1) is 19.3 Å². The highest BCUT2D eigenvalue weighted by Crippen LogP contribution is 2.11. The predicted octanol–water partition coefficient (Wildman–Crippen LogP) is -9.70. The van der Waals surface area contributed by atoms with Gasteiger partial charge in [0.1, 0.15) is 29.9 Å². The number of amides is 8. The van der Waals surface area contributed by atoms with E-state index in [9.17, 15) is 48.9 Å². The molecule has 7 atom stereocenters. The number of guanidine groups is 2. The SMILES string of the molecule is CNC(CCN=C(N)N)CC(=O)NC1CNC(=O)C(C2CC(O)N=C(N)N2)NC(=O)C(=CNC(N)=O)NC(=O)C(CO)NC(=O)C(CO)NC1=O. The van der Waals surface area contributed by atoms with Crippen LogP contribution in [0.3, 0.4) is 0 Å². The van der Waals surface area contributed by atoms with Crippen LogP contribution in [0.25, 0.3) is 0 Å². The molecule has 0 saturated carbocycles. The molecule has 7 unspecified atom stereocenters. The topological polar surface area (TPSA) is 417 Å². The van der Waals surface area contributed by atoms with Crippen molar-refractivity contribution in [3.8, 4) is 0 Å². The molecule has 0 aromatic heterocycles. The number of carbonyl (C=O) groups excluding carboxylic acids is 7. The van der Waals surface area contributed by atoms with Crippen LogP contribution in [0.1, 0.15) is 19.3 Å². The van der Waals surface area contributed by atoms with Crippen molar-refractivity contribution in [3.05, 3.63) is 11.9 Å². The van der Waals surface area contributed by atoms with E-state index in [2.05, 4.69) is 52.5 Å². The quantitative estimate of drug-likeness (QED) is 0.0534. The summed E-state index contributed by atoms with van der Waals surface area (Å²) in [5.74, 6) is -6.84. The van der Waals surface area contributed by atoms with Gasteiger partial charge in [-0.1, -0.05) is 0 Å². The van der Waals surface area contributed by atoms with Gasteiger partial charge in [0.25, 0.3) is 5.91 Å². The minimum absolute atomic E-state index is 0.154. The summed E-state index contributed by atoms with van der Waals surface area (Å²) >= 11 is 0. The van der Waals surface area contributed by atoms with Crippen molar-refractivity contribution in [1.29, 1.82) is 0 Å². The van der Waals surface area contributed by atoms with Crippen LogP contribution in [0, 0.1) is 0 Å². The first-order valence-electron chi connectivity index (χ1n) is 15.4. The standard InChI is InChI=1S/C26H45N15O10/c1-31-10(2-3-32-24(27)28)4-16(44)35-12-6-33-23(50)18(11-5-17(45)40-25(29)39-11)41-20(47)13(7-34-26(30)51)36-21(48)14(8-42)38-22(49)15(9-43)37-19(12)46/h7,10-12,14-15,17-18,31,42-43,45H,2-6,8-9H2,1H3,(H,33,50)(H,35,44)(H,36,48)(H,37,46)(H,38,49)(H,41,47)(H4,27,28,32)(H3,29,39,40)(H3,30,34,51). The van der Waals surface area contributed by atoms with Crippen molar-refractivity contribution in [2.24, 2.45) is 32.9 Å². The zero-order valence-electron chi connectivity index (χ0n) is 27.5. The summed E-state index contributed by atoms with van der Waals surface area (Å²) in [6, 6.07) is -9.59. The number of aliphatic hydroxyl groups is 3. The number of primary amides is 1. The number of urea groups is 1. The van der Waals surface area contributed by atoms with Crippen LogP contribution in [0.4, 0.5) is 4.79 Å². The van der Waals surface area contributed by atoms with Gasteiger partial charge in [-0.15, -0.1) is 0 Å². The van der Waals surface area contributed by atoms with Crippen molar-refractivity contribution in [2.75, 3.05) is 33.4 Å². The lowest BCUT2D eigenvalue weighted by molar-refractivity contribution is -0.135. The Labute approximate surface area is 290 Å². The summed E-state index contributed by atoms with van der Waals surface area (Å²) in [4.78, 5) is 98.5. The van der Waals surface area contributed by atoms with E-state index in [1.54, 1.807) is 7.05 Å². The normalized spacial score (nSPS) is 26.5. The van der Waals surface area contributed by atoms with Crippen LogP contribution in [0.5, 0.6) is 0 Å². The van der Waals surface area contributed by atoms with Gasteiger partial charge in [-0.05, 0) is 13.5 Å². The number of hydrogen-bond donors (Lipinski definition) is 16. The van der Waals surface area contributed by atoms with Crippen LogP contribution in [-0.2, 0) is 28.8 Å². The zero-order valence-corrected chi connectivity index (χ0v) is 27.5. The van der Waals surface area contributed by atoms with Gasteiger partial charge in [-0.25, -0.2) is 9.79 Å². The molecular formula is C26H45N15O10. The highest BCUT2D eigenvalue weighted by Gasteiger charge is 2.37. The first kappa shape index (κ1) is 41.4. The first-order chi connectivity index (χ1) is 24.1.